The maximum Gasteiger partial charge on any atom is 0.289 e. The Balaban J connectivity index is 2.12. The summed E-state index contributed by atoms with van der Waals surface area (Å²) < 4.78 is 6.86. The summed E-state index contributed by atoms with van der Waals surface area (Å²) in [5, 5.41) is 4.75. The lowest BCUT2D eigenvalue weighted by molar-refractivity contribution is 0.302. The monoisotopic (exact) mass is 312 g/mol. The molecule has 1 heterocycles. The number of aryl methyl sites for hydroxylation is 1. The van der Waals surface area contributed by atoms with Crippen LogP contribution in [-0.4, -0.2) is 9.78 Å². The average molecular weight is 313 g/mol. The van der Waals surface area contributed by atoms with E-state index in [4.69, 9.17) is 27.9 Å². The molecule has 1 aromatic heterocycles. The summed E-state index contributed by atoms with van der Waals surface area (Å²) in [5.41, 5.74) is 0.602. The van der Waals surface area contributed by atoms with Crippen molar-refractivity contribution in [1.29, 1.82) is 0 Å². The fourth-order valence-electron chi connectivity index (χ4n) is 1.66. The van der Waals surface area contributed by atoms with Gasteiger partial charge in [-0.25, -0.2) is 4.68 Å². The van der Waals surface area contributed by atoms with E-state index in [1.807, 2.05) is 19.1 Å². The van der Waals surface area contributed by atoms with Crippen LogP contribution in [0.15, 0.2) is 35.3 Å². The molecule has 0 aliphatic rings. The van der Waals surface area contributed by atoms with Crippen molar-refractivity contribution in [3.63, 3.8) is 0 Å². The summed E-state index contributed by atoms with van der Waals surface area (Å²) in [6.07, 6.45) is 2.28. The zero-order valence-corrected chi connectivity index (χ0v) is 12.5. The lowest BCUT2D eigenvalue weighted by atomic mass is 10.2. The predicted molar refractivity (Wildman–Crippen MR) is 79.6 cm³/mol. The molecule has 0 amide bonds. The van der Waals surface area contributed by atoms with Crippen LogP contribution in [0.5, 0.6) is 5.75 Å². The van der Waals surface area contributed by atoms with Crippen LogP contribution in [0.4, 0.5) is 0 Å². The molecule has 4 nitrogen and oxygen atoms in total. The van der Waals surface area contributed by atoms with Crippen molar-refractivity contribution in [3.05, 3.63) is 56.4 Å². The Kier molecular flexibility index (Phi) is 5.04. The van der Waals surface area contributed by atoms with Crippen molar-refractivity contribution in [1.82, 2.24) is 9.78 Å². The molecule has 1 aromatic carbocycles. The Labute approximate surface area is 126 Å². The molecule has 0 atom stereocenters. The van der Waals surface area contributed by atoms with Crippen LogP contribution < -0.4 is 10.3 Å². The lowest BCUT2D eigenvalue weighted by Crippen LogP contribution is -2.23. The van der Waals surface area contributed by atoms with Crippen LogP contribution in [0.1, 0.15) is 18.9 Å². The molecule has 106 valence electrons. The van der Waals surface area contributed by atoms with E-state index in [2.05, 4.69) is 5.10 Å². The summed E-state index contributed by atoms with van der Waals surface area (Å²) in [4.78, 5) is 11.9. The van der Waals surface area contributed by atoms with Gasteiger partial charge in [0, 0.05) is 11.6 Å². The molecule has 0 fully saturated rings. The van der Waals surface area contributed by atoms with E-state index in [0.29, 0.717) is 23.9 Å². The largest absolute Gasteiger partial charge is 0.485 e. The van der Waals surface area contributed by atoms with E-state index in [9.17, 15) is 4.79 Å². The number of nitrogens with zero attached hydrogens (tertiary/aromatic N) is 2. The fourth-order valence-corrected chi connectivity index (χ4v) is 1.99. The van der Waals surface area contributed by atoms with Crippen molar-refractivity contribution < 1.29 is 4.74 Å². The highest BCUT2D eigenvalue weighted by Gasteiger charge is 2.10. The fraction of sp³-hybridized carbons (Fsp3) is 0.286. The van der Waals surface area contributed by atoms with E-state index in [1.165, 1.54) is 10.9 Å². The Bertz CT molecular complexity index is 639. The van der Waals surface area contributed by atoms with Crippen molar-refractivity contribution in [2.24, 2.45) is 0 Å². The number of hydrogen-bond acceptors (Lipinski definition) is 3. The highest BCUT2D eigenvalue weighted by Crippen LogP contribution is 2.20. The number of ether oxygens (including phenoxy) is 1. The third kappa shape index (κ3) is 3.52. The molecule has 20 heavy (non-hydrogen) atoms. The van der Waals surface area contributed by atoms with E-state index >= 15 is 0 Å². The van der Waals surface area contributed by atoms with Gasteiger partial charge in [-0.3, -0.25) is 4.79 Å². The zero-order valence-electron chi connectivity index (χ0n) is 11.0. The highest BCUT2D eigenvalue weighted by molar-refractivity contribution is 6.31. The first-order chi connectivity index (χ1) is 9.61. The second kappa shape index (κ2) is 6.77. The van der Waals surface area contributed by atoms with Gasteiger partial charge in [0.2, 0.25) is 0 Å². The highest BCUT2D eigenvalue weighted by atomic mass is 35.5. The van der Waals surface area contributed by atoms with Gasteiger partial charge >= 0.3 is 0 Å². The molecule has 2 aromatic rings. The Morgan fingerprint density at radius 2 is 1.95 bits per heavy atom. The Hall–Kier alpha value is -1.52. The predicted octanol–water partition coefficient (Wildman–Crippen LogP) is 3.54. The van der Waals surface area contributed by atoms with Crippen LogP contribution in [0.3, 0.4) is 0 Å². The van der Waals surface area contributed by atoms with Crippen LogP contribution >= 0.6 is 23.2 Å². The van der Waals surface area contributed by atoms with Crippen molar-refractivity contribution in [3.8, 4) is 5.75 Å². The molecule has 0 aliphatic carbocycles. The van der Waals surface area contributed by atoms with Crippen LogP contribution in [-0.2, 0) is 13.2 Å². The molecular formula is C14H14Cl2N2O2. The molecule has 0 aliphatic heterocycles. The minimum Gasteiger partial charge on any atom is -0.485 e. The van der Waals surface area contributed by atoms with Gasteiger partial charge in [0.05, 0.1) is 6.20 Å². The van der Waals surface area contributed by atoms with Gasteiger partial charge in [0.25, 0.3) is 5.56 Å². The van der Waals surface area contributed by atoms with Gasteiger partial charge in [-0.05, 0) is 24.1 Å². The number of hydrogen-bond donors (Lipinski definition) is 0. The first kappa shape index (κ1) is 14.9. The first-order valence-corrected chi connectivity index (χ1v) is 7.00. The Morgan fingerprint density at radius 1 is 1.25 bits per heavy atom. The number of aromatic nitrogens is 2. The van der Waals surface area contributed by atoms with Gasteiger partial charge in [-0.15, -0.1) is 0 Å². The van der Waals surface area contributed by atoms with E-state index in [0.717, 1.165) is 12.0 Å². The molecule has 0 bridgehead atoms. The zero-order chi connectivity index (χ0) is 14.5. The van der Waals surface area contributed by atoms with Crippen molar-refractivity contribution >= 4 is 23.2 Å². The standard InChI is InChI=1S/C14H14Cl2N2O2/c1-2-7-18-14(19)13(16)12(8-17-18)20-9-10-3-5-11(15)6-4-10/h3-6,8H,2,7,9H2,1H3. The van der Waals surface area contributed by atoms with Crippen LogP contribution in [0.25, 0.3) is 0 Å². The molecule has 0 saturated carbocycles. The molecule has 0 unspecified atom stereocenters. The second-order valence-electron chi connectivity index (χ2n) is 4.27. The second-order valence-corrected chi connectivity index (χ2v) is 5.08. The van der Waals surface area contributed by atoms with Gasteiger partial charge < -0.3 is 4.74 Å². The minimum atomic E-state index is -0.331. The first-order valence-electron chi connectivity index (χ1n) is 6.24. The third-order valence-electron chi connectivity index (χ3n) is 2.70. The summed E-state index contributed by atoms with van der Waals surface area (Å²) in [6, 6.07) is 7.25. The normalized spacial score (nSPS) is 10.6. The maximum absolute atomic E-state index is 11.9. The van der Waals surface area contributed by atoms with Crippen molar-refractivity contribution in [2.75, 3.05) is 0 Å². The van der Waals surface area contributed by atoms with E-state index in [-0.39, 0.29) is 10.6 Å². The maximum atomic E-state index is 11.9. The van der Waals surface area contributed by atoms with Gasteiger partial charge in [-0.2, -0.15) is 5.10 Å². The van der Waals surface area contributed by atoms with Crippen LogP contribution in [0.2, 0.25) is 10.0 Å². The topological polar surface area (TPSA) is 44.1 Å². The Morgan fingerprint density at radius 3 is 2.60 bits per heavy atom. The quantitative estimate of drug-likeness (QED) is 0.848. The third-order valence-corrected chi connectivity index (χ3v) is 3.30. The molecule has 0 spiro atoms. The van der Waals surface area contributed by atoms with Gasteiger partial charge in [0.1, 0.15) is 6.61 Å². The van der Waals surface area contributed by atoms with Crippen LogP contribution in [0, 0.1) is 0 Å². The smallest absolute Gasteiger partial charge is 0.289 e. The number of halogens is 2. The molecular weight excluding hydrogens is 299 g/mol. The van der Waals surface area contributed by atoms with Crippen molar-refractivity contribution in [2.45, 2.75) is 26.5 Å². The number of rotatable bonds is 5. The minimum absolute atomic E-state index is 0.0578. The average Bonchev–Trinajstić information content (AvgIpc) is 2.45. The van der Waals surface area contributed by atoms with E-state index < -0.39 is 0 Å². The summed E-state index contributed by atoms with van der Waals surface area (Å²) in [7, 11) is 0. The summed E-state index contributed by atoms with van der Waals surface area (Å²) >= 11 is 11.8. The molecule has 0 radical (unpaired) electrons. The summed E-state index contributed by atoms with van der Waals surface area (Å²) in [5.74, 6) is 0.291. The van der Waals surface area contributed by atoms with Gasteiger partial charge in [0.15, 0.2) is 10.8 Å². The van der Waals surface area contributed by atoms with E-state index in [1.54, 1.807) is 12.1 Å². The number of benzene rings is 1. The van der Waals surface area contributed by atoms with Gasteiger partial charge in [-0.1, -0.05) is 42.3 Å². The lowest BCUT2D eigenvalue weighted by Gasteiger charge is -2.09. The molecule has 0 saturated heterocycles. The molecule has 6 heteroatoms. The summed E-state index contributed by atoms with van der Waals surface area (Å²) in [6.45, 7) is 2.80. The SMILES string of the molecule is CCCn1ncc(OCc2ccc(Cl)cc2)c(Cl)c1=O. The molecule has 0 N–H and O–H groups in total. The molecule has 2 rings (SSSR count).